The zero-order valence-electron chi connectivity index (χ0n) is 7.22. The van der Waals surface area contributed by atoms with Gasteiger partial charge < -0.3 is 23.9 Å². The third-order valence-corrected chi connectivity index (χ3v) is 2.19. The van der Waals surface area contributed by atoms with Gasteiger partial charge in [0.15, 0.2) is 0 Å². The summed E-state index contributed by atoms with van der Waals surface area (Å²) >= 11 is 1.77. The maximum absolute atomic E-state index is 3.80. The quantitative estimate of drug-likeness (QED) is 0.387. The van der Waals surface area contributed by atoms with E-state index < -0.39 is 0 Å². The summed E-state index contributed by atoms with van der Waals surface area (Å²) in [5.74, 6) is 0. The average molecular weight is 255 g/mol. The summed E-state index contributed by atoms with van der Waals surface area (Å²) in [6.07, 6.45) is 2.97. The van der Waals surface area contributed by atoms with Gasteiger partial charge in [0.25, 0.3) is 0 Å². The van der Waals surface area contributed by atoms with Crippen LogP contribution in [0.1, 0.15) is 5.56 Å². The Morgan fingerprint density at radius 1 is 1.25 bits per heavy atom. The van der Waals surface area contributed by atoms with Crippen LogP contribution in [0.3, 0.4) is 0 Å². The van der Waals surface area contributed by atoms with Crippen LogP contribution in [-0.4, -0.2) is 29.3 Å². The first-order chi connectivity index (χ1) is 4.86. The predicted molar refractivity (Wildman–Crippen MR) is 53.0 cm³/mol. The molecule has 0 amide bonds. The molecule has 0 aliphatic carbocycles. The van der Waals surface area contributed by atoms with Gasteiger partial charge in [0.1, 0.15) is 0 Å². The normalized spacial score (nSPS) is 8.17. The van der Waals surface area contributed by atoms with E-state index in [0.717, 1.165) is 6.42 Å². The van der Waals surface area contributed by atoms with Gasteiger partial charge in [-0.3, -0.25) is 0 Å². The van der Waals surface area contributed by atoms with E-state index in [0.29, 0.717) is 0 Å². The minimum absolute atomic E-state index is 0. The predicted octanol–water partition coefficient (Wildman–Crippen LogP) is -0.592. The molecule has 1 aromatic carbocycles. The van der Waals surface area contributed by atoms with Crippen molar-refractivity contribution in [2.45, 2.75) is 11.3 Å². The molecular formula is C9H11BrMgS. The topological polar surface area (TPSA) is 0 Å². The molecule has 1 aromatic rings. The second-order valence-corrected chi connectivity index (χ2v) is 2.98. The molecule has 0 heterocycles. The fourth-order valence-corrected chi connectivity index (χ4v) is 1.20. The van der Waals surface area contributed by atoms with Gasteiger partial charge in [-0.2, -0.15) is 6.42 Å². The van der Waals surface area contributed by atoms with Crippen molar-refractivity contribution >= 4 is 34.8 Å². The molecule has 0 saturated carbocycles. The summed E-state index contributed by atoms with van der Waals surface area (Å²) in [7, 11) is 0. The Balaban J connectivity index is 0. The van der Waals surface area contributed by atoms with Crippen LogP contribution in [0.25, 0.3) is 0 Å². The second-order valence-electron chi connectivity index (χ2n) is 2.10. The van der Waals surface area contributed by atoms with E-state index in [1.165, 1.54) is 10.5 Å². The Labute approximate surface area is 105 Å². The molecule has 0 aliphatic heterocycles. The monoisotopic (exact) mass is 254 g/mol. The van der Waals surface area contributed by atoms with Crippen molar-refractivity contribution in [3.63, 3.8) is 0 Å². The van der Waals surface area contributed by atoms with Gasteiger partial charge in [-0.25, -0.2) is 0 Å². The van der Waals surface area contributed by atoms with Gasteiger partial charge in [0.2, 0.25) is 0 Å². The molecule has 0 atom stereocenters. The summed E-state index contributed by atoms with van der Waals surface area (Å²) in [5, 5.41) is 0. The molecule has 0 aliphatic rings. The zero-order valence-corrected chi connectivity index (χ0v) is 11.0. The van der Waals surface area contributed by atoms with Crippen LogP contribution in [0.2, 0.25) is 0 Å². The van der Waals surface area contributed by atoms with E-state index in [2.05, 4.69) is 37.4 Å². The molecule has 0 nitrogen and oxygen atoms in total. The minimum atomic E-state index is 0. The standard InChI is InChI=1S/C9H11S.BrH.Mg/c1-3-8-4-6-9(10-2)7-5-8;;/h4-7H,1,3H2,2H3;1H;/q-1;;+2/p-1. The summed E-state index contributed by atoms with van der Waals surface area (Å²) in [6, 6.07) is 8.51. The zero-order chi connectivity index (χ0) is 7.40. The molecule has 0 radical (unpaired) electrons. The molecule has 0 unspecified atom stereocenters. The van der Waals surface area contributed by atoms with Crippen LogP contribution in [0.15, 0.2) is 29.2 Å². The molecule has 1 rings (SSSR count). The molecule has 0 spiro atoms. The van der Waals surface area contributed by atoms with Crippen molar-refractivity contribution in [3.05, 3.63) is 36.8 Å². The molecule has 0 saturated heterocycles. The van der Waals surface area contributed by atoms with Crippen molar-refractivity contribution in [3.8, 4) is 0 Å². The molecule has 0 bridgehead atoms. The van der Waals surface area contributed by atoms with Crippen molar-refractivity contribution in [1.29, 1.82) is 0 Å². The van der Waals surface area contributed by atoms with Gasteiger partial charge in [0.05, 0.1) is 0 Å². The van der Waals surface area contributed by atoms with E-state index in [1.807, 2.05) is 0 Å². The van der Waals surface area contributed by atoms with Crippen molar-refractivity contribution in [1.82, 2.24) is 0 Å². The Kier molecular flexibility index (Phi) is 10.7. The van der Waals surface area contributed by atoms with Crippen molar-refractivity contribution < 1.29 is 17.0 Å². The molecule has 0 N–H and O–H groups in total. The third kappa shape index (κ3) is 4.75. The molecule has 0 aromatic heterocycles. The van der Waals surface area contributed by atoms with E-state index >= 15 is 0 Å². The summed E-state index contributed by atoms with van der Waals surface area (Å²) < 4.78 is 0. The van der Waals surface area contributed by atoms with Gasteiger partial charge >= 0.3 is 23.1 Å². The van der Waals surface area contributed by atoms with Crippen molar-refractivity contribution in [2.75, 3.05) is 6.26 Å². The van der Waals surface area contributed by atoms with Crippen LogP contribution in [0.4, 0.5) is 0 Å². The second kappa shape index (κ2) is 8.42. The number of thioether (sulfide) groups is 1. The smallest absolute Gasteiger partial charge is 1.00 e. The number of halogens is 1. The first-order valence-corrected chi connectivity index (χ1v) is 4.51. The van der Waals surface area contributed by atoms with Crippen LogP contribution in [-0.2, 0) is 6.42 Å². The fourth-order valence-electron chi connectivity index (χ4n) is 0.792. The molecule has 62 valence electrons. The van der Waals surface area contributed by atoms with E-state index in [9.17, 15) is 0 Å². The summed E-state index contributed by atoms with van der Waals surface area (Å²) in [4.78, 5) is 1.32. The van der Waals surface area contributed by atoms with Gasteiger partial charge in [-0.05, 0) is 18.4 Å². The van der Waals surface area contributed by atoms with Crippen molar-refractivity contribution in [2.24, 2.45) is 0 Å². The Bertz CT molecular complexity index is 175. The summed E-state index contributed by atoms with van der Waals surface area (Å²) in [5.41, 5.74) is 1.30. The maximum Gasteiger partial charge on any atom is 2.00 e. The van der Waals surface area contributed by atoms with Gasteiger partial charge in [-0.15, -0.1) is 11.8 Å². The average Bonchev–Trinajstić information content (AvgIpc) is 2.05. The van der Waals surface area contributed by atoms with Crippen LogP contribution in [0.5, 0.6) is 0 Å². The number of benzene rings is 1. The largest absolute Gasteiger partial charge is 2.00 e. The Morgan fingerprint density at radius 2 is 1.75 bits per heavy atom. The molecule has 3 heteroatoms. The van der Waals surface area contributed by atoms with E-state index in [-0.39, 0.29) is 40.0 Å². The molecule has 0 fully saturated rings. The van der Waals surface area contributed by atoms with Crippen LogP contribution < -0.4 is 17.0 Å². The van der Waals surface area contributed by atoms with Crippen LogP contribution >= 0.6 is 11.8 Å². The molecule has 12 heavy (non-hydrogen) atoms. The number of hydrogen-bond donors (Lipinski definition) is 0. The number of hydrogen-bond acceptors (Lipinski definition) is 1. The minimum Gasteiger partial charge on any atom is -1.00 e. The Hall–Kier alpha value is 0.816. The molecular weight excluding hydrogens is 244 g/mol. The van der Waals surface area contributed by atoms with E-state index in [1.54, 1.807) is 11.8 Å². The van der Waals surface area contributed by atoms with Crippen LogP contribution in [0, 0.1) is 6.92 Å². The first kappa shape index (κ1) is 15.3. The Morgan fingerprint density at radius 3 is 2.08 bits per heavy atom. The maximum atomic E-state index is 3.80. The summed E-state index contributed by atoms with van der Waals surface area (Å²) in [6.45, 7) is 3.80. The van der Waals surface area contributed by atoms with Gasteiger partial charge in [0, 0.05) is 4.90 Å². The first-order valence-electron chi connectivity index (χ1n) is 3.29. The van der Waals surface area contributed by atoms with Gasteiger partial charge in [-0.1, -0.05) is 17.7 Å². The SMILES string of the molecule is [Br-].[CH2-]Cc1ccc(SC)cc1.[Mg+2]. The van der Waals surface area contributed by atoms with E-state index in [4.69, 9.17) is 0 Å². The fraction of sp³-hybridized carbons (Fsp3) is 0.222. The number of rotatable bonds is 2. The third-order valence-electron chi connectivity index (χ3n) is 1.45.